The molecule has 0 aliphatic carbocycles. The lowest BCUT2D eigenvalue weighted by Gasteiger charge is -2.21. The van der Waals surface area contributed by atoms with Gasteiger partial charge in [-0.3, -0.25) is 0 Å². The smallest absolute Gasteiger partial charge is 0.146 e. The highest BCUT2D eigenvalue weighted by Crippen LogP contribution is 2.32. The summed E-state index contributed by atoms with van der Waals surface area (Å²) in [5, 5.41) is 9.06. The van der Waals surface area contributed by atoms with E-state index in [1.54, 1.807) is 30.1 Å². The molecule has 0 aliphatic rings. The molecule has 18 heavy (non-hydrogen) atoms. The molecule has 94 valence electrons. The number of benzene rings is 2. The molecule has 0 fully saturated rings. The highest BCUT2D eigenvalue weighted by molar-refractivity contribution is 9.10. The minimum absolute atomic E-state index is 0.0116. The van der Waals surface area contributed by atoms with Crippen molar-refractivity contribution in [1.82, 2.24) is 0 Å². The van der Waals surface area contributed by atoms with Crippen molar-refractivity contribution < 1.29 is 9.50 Å². The van der Waals surface area contributed by atoms with Crippen molar-refractivity contribution in [2.75, 3.05) is 11.9 Å². The summed E-state index contributed by atoms with van der Waals surface area (Å²) in [6.07, 6.45) is 0. The van der Waals surface area contributed by atoms with Gasteiger partial charge in [0.15, 0.2) is 0 Å². The van der Waals surface area contributed by atoms with Crippen LogP contribution in [0, 0.1) is 5.82 Å². The van der Waals surface area contributed by atoms with Crippen molar-refractivity contribution in [1.29, 1.82) is 0 Å². The van der Waals surface area contributed by atoms with Crippen LogP contribution in [0.5, 0.6) is 0 Å². The summed E-state index contributed by atoms with van der Waals surface area (Å²) in [5.41, 5.74) is 2.17. The van der Waals surface area contributed by atoms with Crippen LogP contribution in [0.3, 0.4) is 0 Å². The standard InChI is InChI=1S/C14H13BrFNO/c1-17(14-5-3-2-4-12(14)16)13-7-6-10(9-18)8-11(13)15/h2-8,18H,9H2,1H3. The molecule has 4 heteroatoms. The number of nitrogens with zero attached hydrogens (tertiary/aromatic N) is 1. The zero-order valence-electron chi connectivity index (χ0n) is 9.90. The van der Waals surface area contributed by atoms with Crippen LogP contribution < -0.4 is 4.90 Å². The first-order valence-corrected chi connectivity index (χ1v) is 6.30. The Morgan fingerprint density at radius 2 is 1.89 bits per heavy atom. The van der Waals surface area contributed by atoms with Crippen LogP contribution in [-0.2, 0) is 6.61 Å². The highest BCUT2D eigenvalue weighted by Gasteiger charge is 2.11. The average Bonchev–Trinajstić information content (AvgIpc) is 2.38. The predicted molar refractivity (Wildman–Crippen MR) is 74.5 cm³/mol. The van der Waals surface area contributed by atoms with Gasteiger partial charge in [0, 0.05) is 11.5 Å². The maximum absolute atomic E-state index is 13.7. The molecule has 1 N–H and O–H groups in total. The third kappa shape index (κ3) is 2.54. The molecule has 2 aromatic rings. The normalized spacial score (nSPS) is 10.4. The number of rotatable bonds is 3. The lowest BCUT2D eigenvalue weighted by atomic mass is 10.2. The zero-order chi connectivity index (χ0) is 13.1. The van der Waals surface area contributed by atoms with Crippen LogP contribution in [0.1, 0.15) is 5.56 Å². The third-order valence-electron chi connectivity index (χ3n) is 2.77. The highest BCUT2D eigenvalue weighted by atomic mass is 79.9. The quantitative estimate of drug-likeness (QED) is 0.931. The first-order chi connectivity index (χ1) is 8.63. The van der Waals surface area contributed by atoms with Gasteiger partial charge in [-0.2, -0.15) is 0 Å². The SMILES string of the molecule is CN(c1ccccc1F)c1ccc(CO)cc1Br. The molecule has 0 saturated carbocycles. The van der Waals surface area contributed by atoms with Crippen molar-refractivity contribution in [3.8, 4) is 0 Å². The molecule has 0 radical (unpaired) electrons. The summed E-state index contributed by atoms with van der Waals surface area (Å²) in [4.78, 5) is 1.76. The number of halogens is 2. The van der Waals surface area contributed by atoms with E-state index >= 15 is 0 Å². The molecule has 0 aromatic heterocycles. The Hall–Kier alpha value is -1.39. The second-order valence-corrected chi connectivity index (χ2v) is 4.81. The molecule has 0 spiro atoms. The number of hydrogen-bond acceptors (Lipinski definition) is 2. The number of hydrogen-bond donors (Lipinski definition) is 1. The maximum atomic E-state index is 13.7. The van der Waals surface area contributed by atoms with Crippen LogP contribution in [0.15, 0.2) is 46.9 Å². The summed E-state index contributed by atoms with van der Waals surface area (Å²) in [7, 11) is 1.80. The van der Waals surface area contributed by atoms with E-state index in [1.807, 2.05) is 18.2 Å². The molecule has 0 saturated heterocycles. The van der Waals surface area contributed by atoms with Gasteiger partial charge in [0.1, 0.15) is 5.82 Å². The van der Waals surface area contributed by atoms with E-state index < -0.39 is 0 Å². The van der Waals surface area contributed by atoms with E-state index in [0.29, 0.717) is 5.69 Å². The number of aliphatic hydroxyl groups excluding tert-OH is 1. The van der Waals surface area contributed by atoms with Gasteiger partial charge in [0.05, 0.1) is 18.0 Å². The van der Waals surface area contributed by atoms with Gasteiger partial charge in [-0.1, -0.05) is 18.2 Å². The van der Waals surface area contributed by atoms with Gasteiger partial charge < -0.3 is 10.0 Å². The number of aliphatic hydroxyl groups is 1. The monoisotopic (exact) mass is 309 g/mol. The molecule has 2 rings (SSSR count). The summed E-state index contributed by atoms with van der Waals surface area (Å²) in [6, 6.07) is 12.1. The first-order valence-electron chi connectivity index (χ1n) is 5.51. The Labute approximate surface area is 114 Å². The molecule has 2 aromatic carbocycles. The van der Waals surface area contributed by atoms with Crippen molar-refractivity contribution in [2.45, 2.75) is 6.61 Å². The van der Waals surface area contributed by atoms with Gasteiger partial charge >= 0.3 is 0 Å². The Morgan fingerprint density at radius 1 is 1.17 bits per heavy atom. The minimum atomic E-state index is -0.266. The van der Waals surface area contributed by atoms with E-state index in [4.69, 9.17) is 5.11 Å². The van der Waals surface area contributed by atoms with E-state index in [-0.39, 0.29) is 12.4 Å². The van der Waals surface area contributed by atoms with E-state index in [0.717, 1.165) is 15.7 Å². The Kier molecular flexibility index (Phi) is 3.99. The first kappa shape index (κ1) is 13.1. The summed E-state index contributed by atoms with van der Waals surface area (Å²) in [5.74, 6) is -0.266. The lowest BCUT2D eigenvalue weighted by Crippen LogP contribution is -2.11. The Bertz CT molecular complexity index is 559. The lowest BCUT2D eigenvalue weighted by molar-refractivity contribution is 0.282. The Morgan fingerprint density at radius 3 is 2.50 bits per heavy atom. The van der Waals surface area contributed by atoms with Crippen LogP contribution in [0.2, 0.25) is 0 Å². The fourth-order valence-corrected chi connectivity index (χ4v) is 2.47. The van der Waals surface area contributed by atoms with Gasteiger partial charge in [-0.05, 0) is 45.8 Å². The topological polar surface area (TPSA) is 23.5 Å². The summed E-state index contributed by atoms with van der Waals surface area (Å²) >= 11 is 3.44. The summed E-state index contributed by atoms with van der Waals surface area (Å²) in [6.45, 7) is -0.0116. The van der Waals surface area contributed by atoms with Crippen LogP contribution in [0.25, 0.3) is 0 Å². The van der Waals surface area contributed by atoms with Crippen LogP contribution >= 0.6 is 15.9 Å². The Balaban J connectivity index is 2.40. The van der Waals surface area contributed by atoms with E-state index in [9.17, 15) is 4.39 Å². The second kappa shape index (κ2) is 5.50. The fourth-order valence-electron chi connectivity index (χ4n) is 1.77. The second-order valence-electron chi connectivity index (χ2n) is 3.95. The largest absolute Gasteiger partial charge is 0.392 e. The van der Waals surface area contributed by atoms with Gasteiger partial charge in [0.2, 0.25) is 0 Å². The molecule has 2 nitrogen and oxygen atoms in total. The van der Waals surface area contributed by atoms with Crippen molar-refractivity contribution in [2.24, 2.45) is 0 Å². The van der Waals surface area contributed by atoms with Crippen molar-refractivity contribution in [3.63, 3.8) is 0 Å². The van der Waals surface area contributed by atoms with Crippen molar-refractivity contribution >= 4 is 27.3 Å². The molecule has 0 heterocycles. The maximum Gasteiger partial charge on any atom is 0.146 e. The minimum Gasteiger partial charge on any atom is -0.392 e. The zero-order valence-corrected chi connectivity index (χ0v) is 11.5. The van der Waals surface area contributed by atoms with Crippen molar-refractivity contribution in [3.05, 3.63) is 58.3 Å². The molecule has 0 amide bonds. The summed E-state index contributed by atoms with van der Waals surface area (Å²) < 4.78 is 14.5. The van der Waals surface area contributed by atoms with Crippen LogP contribution in [0.4, 0.5) is 15.8 Å². The number of para-hydroxylation sites is 1. The van der Waals surface area contributed by atoms with Gasteiger partial charge in [-0.25, -0.2) is 4.39 Å². The fraction of sp³-hybridized carbons (Fsp3) is 0.143. The molecule has 0 unspecified atom stereocenters. The predicted octanol–water partition coefficient (Wildman–Crippen LogP) is 3.85. The van der Waals surface area contributed by atoms with Crippen LogP contribution in [-0.4, -0.2) is 12.2 Å². The van der Waals surface area contributed by atoms with Gasteiger partial charge in [0.25, 0.3) is 0 Å². The third-order valence-corrected chi connectivity index (χ3v) is 3.40. The number of anilines is 2. The van der Waals surface area contributed by atoms with E-state index in [1.165, 1.54) is 6.07 Å². The molecule has 0 bridgehead atoms. The van der Waals surface area contributed by atoms with E-state index in [2.05, 4.69) is 15.9 Å². The molecule has 0 atom stereocenters. The average molecular weight is 310 g/mol. The molecular weight excluding hydrogens is 297 g/mol. The molecular formula is C14H13BrFNO. The molecule has 0 aliphatic heterocycles. The van der Waals surface area contributed by atoms with Gasteiger partial charge in [-0.15, -0.1) is 0 Å².